The van der Waals surface area contributed by atoms with Gasteiger partial charge in [0.1, 0.15) is 11.6 Å². The third-order valence-electron chi connectivity index (χ3n) is 6.72. The molecule has 3 aliphatic heterocycles. The van der Waals surface area contributed by atoms with E-state index in [0.717, 1.165) is 61.9 Å². The van der Waals surface area contributed by atoms with Crippen molar-refractivity contribution in [1.29, 1.82) is 0 Å². The number of methoxy groups -OCH3 is 1. The van der Waals surface area contributed by atoms with Crippen molar-refractivity contribution in [1.82, 2.24) is 10.0 Å². The summed E-state index contributed by atoms with van der Waals surface area (Å²) < 4.78 is 5.78. The lowest BCUT2D eigenvalue weighted by atomic mass is 10.00. The molecule has 0 radical (unpaired) electrons. The Bertz CT molecular complexity index is 992. The summed E-state index contributed by atoms with van der Waals surface area (Å²) in [6, 6.07) is 6.64. The van der Waals surface area contributed by atoms with Gasteiger partial charge in [0.15, 0.2) is 0 Å². The molecule has 1 atom stereocenters. The largest absolute Gasteiger partial charge is 0.495 e. The number of hydrogen-bond acceptors (Lipinski definition) is 6. The van der Waals surface area contributed by atoms with Crippen LogP contribution in [0.3, 0.4) is 0 Å². The van der Waals surface area contributed by atoms with E-state index >= 15 is 0 Å². The minimum absolute atomic E-state index is 0.213. The standard InChI is InChI=1S/C28H39N5O/c1-5-22(2)20-32-15-9-14-29-28-25(10-7-6-8-16-33(28)32)18-24-11-12-26(27(19-24)34-4)31-17-13-23(3)30-21-31/h5,11-13,17-19,21,23H,6-10,14-16,20H2,1-4H3/b22-5+,25-18+. The van der Waals surface area contributed by atoms with Crippen LogP contribution >= 0.6 is 0 Å². The zero-order valence-electron chi connectivity index (χ0n) is 21.2. The van der Waals surface area contributed by atoms with Gasteiger partial charge in [0, 0.05) is 32.4 Å². The summed E-state index contributed by atoms with van der Waals surface area (Å²) in [6.07, 6.45) is 16.4. The van der Waals surface area contributed by atoms with Gasteiger partial charge in [-0.25, -0.2) is 5.01 Å². The number of benzene rings is 1. The van der Waals surface area contributed by atoms with Crippen molar-refractivity contribution >= 4 is 23.9 Å². The molecule has 3 aliphatic rings. The van der Waals surface area contributed by atoms with Gasteiger partial charge < -0.3 is 9.64 Å². The van der Waals surface area contributed by atoms with Crippen molar-refractivity contribution in [3.05, 3.63) is 53.3 Å². The maximum atomic E-state index is 5.78. The normalized spacial score (nSPS) is 23.3. The number of rotatable bonds is 5. The Labute approximate surface area is 205 Å². The van der Waals surface area contributed by atoms with E-state index in [1.54, 1.807) is 7.11 Å². The summed E-state index contributed by atoms with van der Waals surface area (Å²) in [7, 11) is 1.73. The van der Waals surface area contributed by atoms with Crippen LogP contribution in [-0.4, -0.2) is 61.5 Å². The van der Waals surface area contributed by atoms with Crippen LogP contribution in [0.1, 0.15) is 58.4 Å². The van der Waals surface area contributed by atoms with Crippen LogP contribution in [0.2, 0.25) is 0 Å². The average Bonchev–Trinajstić information content (AvgIpc) is 3.03. The zero-order chi connectivity index (χ0) is 23.9. The highest BCUT2D eigenvalue weighted by Gasteiger charge is 2.26. The van der Waals surface area contributed by atoms with Gasteiger partial charge in [-0.3, -0.25) is 15.0 Å². The molecule has 0 amide bonds. The molecule has 0 bridgehead atoms. The molecule has 1 unspecified atom stereocenters. The fraction of sp³-hybridized carbons (Fsp3) is 0.500. The van der Waals surface area contributed by atoms with Crippen LogP contribution in [0.5, 0.6) is 5.75 Å². The van der Waals surface area contributed by atoms with Gasteiger partial charge in [0.2, 0.25) is 0 Å². The number of amidine groups is 1. The second-order valence-corrected chi connectivity index (χ2v) is 9.37. The molecule has 0 spiro atoms. The molecule has 34 heavy (non-hydrogen) atoms. The first kappa shape index (κ1) is 24.3. The van der Waals surface area contributed by atoms with Crippen molar-refractivity contribution in [2.24, 2.45) is 9.98 Å². The molecule has 6 heteroatoms. The van der Waals surface area contributed by atoms with Gasteiger partial charge in [0.05, 0.1) is 25.2 Å². The number of ether oxygens (including phenoxy) is 1. The Morgan fingerprint density at radius 3 is 2.82 bits per heavy atom. The minimum atomic E-state index is 0.213. The van der Waals surface area contributed by atoms with E-state index in [-0.39, 0.29) is 6.04 Å². The summed E-state index contributed by atoms with van der Waals surface area (Å²) in [6.45, 7) is 10.4. The second-order valence-electron chi connectivity index (χ2n) is 9.37. The van der Waals surface area contributed by atoms with Crippen molar-refractivity contribution in [2.75, 3.05) is 38.2 Å². The molecule has 0 aliphatic carbocycles. The van der Waals surface area contributed by atoms with Crippen molar-refractivity contribution in [2.45, 2.75) is 58.9 Å². The Balaban J connectivity index is 1.65. The number of hydrazine groups is 1. The van der Waals surface area contributed by atoms with E-state index in [1.165, 1.54) is 30.4 Å². The molecule has 0 aromatic heterocycles. The van der Waals surface area contributed by atoms with Gasteiger partial charge in [-0.1, -0.05) is 24.1 Å². The summed E-state index contributed by atoms with van der Waals surface area (Å²) in [5.74, 6) is 2.00. The van der Waals surface area contributed by atoms with Crippen molar-refractivity contribution in [3.8, 4) is 5.75 Å². The molecular weight excluding hydrogens is 422 g/mol. The van der Waals surface area contributed by atoms with Gasteiger partial charge in [-0.15, -0.1) is 0 Å². The Morgan fingerprint density at radius 1 is 1.18 bits per heavy atom. The maximum Gasteiger partial charge on any atom is 0.143 e. The van der Waals surface area contributed by atoms with Gasteiger partial charge in [0.25, 0.3) is 0 Å². The predicted molar refractivity (Wildman–Crippen MR) is 144 cm³/mol. The van der Waals surface area contributed by atoms with Gasteiger partial charge >= 0.3 is 0 Å². The van der Waals surface area contributed by atoms with E-state index in [9.17, 15) is 0 Å². The SMILES string of the molecule is C/C=C(\C)CN1CCCN=C2/C(=C/c3ccc(N4C=CC(C)N=C4)c(OC)c3)CCCCCN21. The average molecular weight is 462 g/mol. The Kier molecular flexibility index (Phi) is 8.22. The summed E-state index contributed by atoms with van der Waals surface area (Å²) in [5, 5.41) is 4.97. The topological polar surface area (TPSA) is 43.7 Å². The molecule has 3 heterocycles. The van der Waals surface area contributed by atoms with Crippen LogP contribution in [0, 0.1) is 0 Å². The summed E-state index contributed by atoms with van der Waals surface area (Å²) >= 11 is 0. The summed E-state index contributed by atoms with van der Waals surface area (Å²) in [5.41, 5.74) is 4.87. The Morgan fingerprint density at radius 2 is 2.06 bits per heavy atom. The molecule has 1 fully saturated rings. The minimum Gasteiger partial charge on any atom is -0.495 e. The second kappa shape index (κ2) is 11.5. The monoisotopic (exact) mass is 461 g/mol. The number of anilines is 1. The molecule has 0 saturated carbocycles. The zero-order valence-corrected chi connectivity index (χ0v) is 21.2. The van der Waals surface area contributed by atoms with Crippen molar-refractivity contribution < 1.29 is 4.74 Å². The van der Waals surface area contributed by atoms with Crippen LogP contribution in [0.4, 0.5) is 5.69 Å². The van der Waals surface area contributed by atoms with Crippen LogP contribution < -0.4 is 9.64 Å². The van der Waals surface area contributed by atoms with E-state index < -0.39 is 0 Å². The number of aliphatic imine (C=N–C) groups is 2. The Hall–Kier alpha value is -2.86. The number of hydrogen-bond donors (Lipinski definition) is 0. The van der Waals surface area contributed by atoms with Gasteiger partial charge in [-0.2, -0.15) is 0 Å². The first-order valence-electron chi connectivity index (χ1n) is 12.7. The lowest BCUT2D eigenvalue weighted by Gasteiger charge is -2.38. The van der Waals surface area contributed by atoms with Gasteiger partial charge in [-0.05, 0) is 81.9 Å². The summed E-state index contributed by atoms with van der Waals surface area (Å²) in [4.78, 5) is 11.6. The number of nitrogens with zero attached hydrogens (tertiary/aromatic N) is 5. The smallest absolute Gasteiger partial charge is 0.143 e. The molecule has 6 nitrogen and oxygen atoms in total. The number of allylic oxidation sites excluding steroid dienone is 1. The highest BCUT2D eigenvalue weighted by Crippen LogP contribution is 2.32. The third kappa shape index (κ3) is 5.79. The molecule has 1 saturated heterocycles. The lowest BCUT2D eigenvalue weighted by molar-refractivity contribution is 0.0561. The fourth-order valence-corrected chi connectivity index (χ4v) is 4.66. The number of fused-ring (bicyclic) bond motifs is 1. The predicted octanol–water partition coefficient (Wildman–Crippen LogP) is 5.69. The van der Waals surface area contributed by atoms with E-state index in [4.69, 9.17) is 9.73 Å². The maximum absolute atomic E-state index is 5.78. The molecule has 0 N–H and O–H groups in total. The lowest BCUT2D eigenvalue weighted by Crippen LogP contribution is -2.48. The quantitative estimate of drug-likeness (QED) is 0.528. The third-order valence-corrected chi connectivity index (χ3v) is 6.72. The highest BCUT2D eigenvalue weighted by molar-refractivity contribution is 6.02. The molecule has 1 aromatic carbocycles. The molecule has 182 valence electrons. The molecule has 4 rings (SSSR count). The first-order valence-corrected chi connectivity index (χ1v) is 12.7. The van der Waals surface area contributed by atoms with E-state index in [0.29, 0.717) is 0 Å². The first-order chi connectivity index (χ1) is 16.6. The van der Waals surface area contributed by atoms with E-state index in [2.05, 4.69) is 78.4 Å². The fourth-order valence-electron chi connectivity index (χ4n) is 4.66. The highest BCUT2D eigenvalue weighted by atomic mass is 16.5. The van der Waals surface area contributed by atoms with Crippen LogP contribution in [0.25, 0.3) is 6.08 Å². The molecule has 1 aromatic rings. The molecular formula is C28H39N5O. The van der Waals surface area contributed by atoms with Crippen molar-refractivity contribution in [3.63, 3.8) is 0 Å². The van der Waals surface area contributed by atoms with E-state index in [1.807, 2.05) is 11.2 Å². The van der Waals surface area contributed by atoms with Crippen LogP contribution in [-0.2, 0) is 0 Å². The van der Waals surface area contributed by atoms with Crippen LogP contribution in [0.15, 0.2) is 57.7 Å².